The zero-order valence-corrected chi connectivity index (χ0v) is 11.7. The van der Waals surface area contributed by atoms with Crippen LogP contribution in [0.5, 0.6) is 5.75 Å². The monoisotopic (exact) mass is 277 g/mol. The lowest BCUT2D eigenvalue weighted by Gasteiger charge is -2.07. The van der Waals surface area contributed by atoms with Gasteiger partial charge in [-0.05, 0) is 36.4 Å². The number of benzene rings is 1. The second-order valence-electron chi connectivity index (χ2n) is 4.50. The average Bonchev–Trinajstić information content (AvgIpc) is 2.56. The first-order valence-electron chi connectivity index (χ1n) is 6.64. The van der Waals surface area contributed by atoms with E-state index in [9.17, 15) is 0 Å². The molecule has 104 valence electrons. The van der Waals surface area contributed by atoms with Gasteiger partial charge in [-0.1, -0.05) is 18.2 Å². The molecule has 0 atom stereocenters. The molecule has 0 aliphatic heterocycles. The van der Waals surface area contributed by atoms with Crippen LogP contribution >= 0.6 is 0 Å². The summed E-state index contributed by atoms with van der Waals surface area (Å²) in [6.07, 6.45) is 3.48. The van der Waals surface area contributed by atoms with E-state index in [1.165, 1.54) is 0 Å². The highest BCUT2D eigenvalue weighted by Crippen LogP contribution is 2.22. The van der Waals surface area contributed by atoms with Crippen molar-refractivity contribution >= 4 is 11.5 Å². The fourth-order valence-corrected chi connectivity index (χ4v) is 2.00. The molecule has 0 aliphatic rings. The molecule has 1 aromatic carbocycles. The maximum atomic E-state index is 5.12. The molecule has 0 amide bonds. The molecule has 0 aliphatic carbocycles. The SMILES string of the molecule is COc1ccc(-c2ccnc(Nc3ccccc3)c2)nc1. The number of pyridine rings is 2. The topological polar surface area (TPSA) is 47.0 Å². The molecular weight excluding hydrogens is 262 g/mol. The number of aromatic nitrogens is 2. The first-order chi connectivity index (χ1) is 10.3. The number of anilines is 2. The highest BCUT2D eigenvalue weighted by molar-refractivity contribution is 5.66. The van der Waals surface area contributed by atoms with Gasteiger partial charge in [-0.3, -0.25) is 4.98 Å². The number of nitrogens with one attached hydrogen (secondary N) is 1. The second-order valence-corrected chi connectivity index (χ2v) is 4.50. The minimum absolute atomic E-state index is 0.746. The van der Waals surface area contributed by atoms with E-state index in [4.69, 9.17) is 4.74 Å². The van der Waals surface area contributed by atoms with Crippen LogP contribution in [0.3, 0.4) is 0 Å². The molecule has 0 unspecified atom stereocenters. The Balaban J connectivity index is 1.85. The van der Waals surface area contributed by atoms with Gasteiger partial charge in [0.25, 0.3) is 0 Å². The number of hydrogen-bond donors (Lipinski definition) is 1. The molecule has 0 radical (unpaired) electrons. The maximum absolute atomic E-state index is 5.12. The van der Waals surface area contributed by atoms with Crippen molar-refractivity contribution in [3.05, 3.63) is 67.0 Å². The van der Waals surface area contributed by atoms with Gasteiger partial charge >= 0.3 is 0 Å². The number of rotatable bonds is 4. The molecule has 0 spiro atoms. The van der Waals surface area contributed by atoms with Crippen LogP contribution in [0.1, 0.15) is 0 Å². The van der Waals surface area contributed by atoms with Crippen molar-refractivity contribution in [3.63, 3.8) is 0 Å². The van der Waals surface area contributed by atoms with E-state index in [1.54, 1.807) is 19.5 Å². The normalized spacial score (nSPS) is 10.1. The fraction of sp³-hybridized carbons (Fsp3) is 0.0588. The molecule has 0 bridgehead atoms. The van der Waals surface area contributed by atoms with Crippen LogP contribution < -0.4 is 10.1 Å². The third-order valence-corrected chi connectivity index (χ3v) is 3.07. The molecule has 2 heterocycles. The number of para-hydroxylation sites is 1. The van der Waals surface area contributed by atoms with Crippen LogP contribution in [-0.2, 0) is 0 Å². The highest BCUT2D eigenvalue weighted by Gasteiger charge is 2.02. The number of hydrogen-bond acceptors (Lipinski definition) is 4. The lowest BCUT2D eigenvalue weighted by Crippen LogP contribution is -1.94. The third-order valence-electron chi connectivity index (χ3n) is 3.07. The maximum Gasteiger partial charge on any atom is 0.137 e. The Labute approximate surface area is 123 Å². The van der Waals surface area contributed by atoms with E-state index >= 15 is 0 Å². The van der Waals surface area contributed by atoms with Crippen molar-refractivity contribution in [2.75, 3.05) is 12.4 Å². The van der Waals surface area contributed by atoms with Gasteiger partial charge in [0.2, 0.25) is 0 Å². The third kappa shape index (κ3) is 3.17. The van der Waals surface area contributed by atoms with Gasteiger partial charge in [-0.25, -0.2) is 4.98 Å². The van der Waals surface area contributed by atoms with E-state index in [2.05, 4.69) is 15.3 Å². The van der Waals surface area contributed by atoms with Gasteiger partial charge in [-0.15, -0.1) is 0 Å². The van der Waals surface area contributed by atoms with Crippen molar-refractivity contribution in [1.29, 1.82) is 0 Å². The van der Waals surface area contributed by atoms with Crippen LogP contribution in [0.2, 0.25) is 0 Å². The van der Waals surface area contributed by atoms with Crippen molar-refractivity contribution in [3.8, 4) is 17.0 Å². The van der Waals surface area contributed by atoms with E-state index in [-0.39, 0.29) is 0 Å². The predicted octanol–water partition coefficient (Wildman–Crippen LogP) is 3.90. The minimum atomic E-state index is 0.746. The summed E-state index contributed by atoms with van der Waals surface area (Å²) in [5, 5.41) is 3.27. The molecule has 3 rings (SSSR count). The van der Waals surface area contributed by atoms with Crippen molar-refractivity contribution in [1.82, 2.24) is 9.97 Å². The number of nitrogens with zero attached hydrogens (tertiary/aromatic N) is 2. The summed E-state index contributed by atoms with van der Waals surface area (Å²) in [5.41, 5.74) is 2.89. The summed E-state index contributed by atoms with van der Waals surface area (Å²) in [4.78, 5) is 8.72. The highest BCUT2D eigenvalue weighted by atomic mass is 16.5. The van der Waals surface area contributed by atoms with Gasteiger partial charge in [0.15, 0.2) is 0 Å². The standard InChI is InChI=1S/C17H15N3O/c1-21-15-7-8-16(19-12-15)13-9-10-18-17(11-13)20-14-5-3-2-4-6-14/h2-12H,1H3,(H,18,20). The van der Waals surface area contributed by atoms with E-state index in [0.717, 1.165) is 28.5 Å². The molecule has 0 saturated heterocycles. The predicted molar refractivity (Wildman–Crippen MR) is 83.7 cm³/mol. The number of ether oxygens (including phenoxy) is 1. The van der Waals surface area contributed by atoms with Crippen LogP contribution in [0.15, 0.2) is 67.0 Å². The number of methoxy groups -OCH3 is 1. The molecule has 2 aromatic heterocycles. The van der Waals surface area contributed by atoms with Crippen LogP contribution in [0.25, 0.3) is 11.3 Å². The first kappa shape index (κ1) is 13.1. The zero-order chi connectivity index (χ0) is 14.5. The van der Waals surface area contributed by atoms with Gasteiger partial charge in [0.05, 0.1) is 19.0 Å². The smallest absolute Gasteiger partial charge is 0.137 e. The van der Waals surface area contributed by atoms with Crippen molar-refractivity contribution < 1.29 is 4.74 Å². The lowest BCUT2D eigenvalue weighted by atomic mass is 10.1. The summed E-state index contributed by atoms with van der Waals surface area (Å²) >= 11 is 0. The summed E-state index contributed by atoms with van der Waals surface area (Å²) in [5.74, 6) is 1.53. The first-order valence-corrected chi connectivity index (χ1v) is 6.64. The van der Waals surface area contributed by atoms with Gasteiger partial charge < -0.3 is 10.1 Å². The molecule has 4 nitrogen and oxygen atoms in total. The Morgan fingerprint density at radius 1 is 0.952 bits per heavy atom. The lowest BCUT2D eigenvalue weighted by molar-refractivity contribution is 0.413. The molecule has 1 N–H and O–H groups in total. The Hall–Kier alpha value is -2.88. The zero-order valence-electron chi connectivity index (χ0n) is 11.7. The van der Waals surface area contributed by atoms with E-state index < -0.39 is 0 Å². The quantitative estimate of drug-likeness (QED) is 0.785. The molecule has 0 saturated carbocycles. The fourth-order valence-electron chi connectivity index (χ4n) is 2.00. The summed E-state index contributed by atoms with van der Waals surface area (Å²) in [7, 11) is 1.63. The molecule has 4 heteroatoms. The van der Waals surface area contributed by atoms with Crippen molar-refractivity contribution in [2.45, 2.75) is 0 Å². The Kier molecular flexibility index (Phi) is 3.78. The Morgan fingerprint density at radius 3 is 2.52 bits per heavy atom. The summed E-state index contributed by atoms with van der Waals surface area (Å²) in [6.45, 7) is 0. The largest absolute Gasteiger partial charge is 0.495 e. The van der Waals surface area contributed by atoms with E-state index in [0.29, 0.717) is 0 Å². The van der Waals surface area contributed by atoms with E-state index in [1.807, 2.05) is 54.6 Å². The second kappa shape index (κ2) is 6.05. The average molecular weight is 277 g/mol. The Morgan fingerprint density at radius 2 is 1.81 bits per heavy atom. The van der Waals surface area contributed by atoms with Gasteiger partial charge in [-0.2, -0.15) is 0 Å². The Bertz CT molecular complexity index is 712. The van der Waals surface area contributed by atoms with Crippen LogP contribution in [0.4, 0.5) is 11.5 Å². The van der Waals surface area contributed by atoms with Gasteiger partial charge in [0, 0.05) is 17.4 Å². The molecule has 0 fully saturated rings. The summed E-state index contributed by atoms with van der Waals surface area (Å²) in [6, 6.07) is 17.7. The molecule has 3 aromatic rings. The van der Waals surface area contributed by atoms with Crippen LogP contribution in [0, 0.1) is 0 Å². The minimum Gasteiger partial charge on any atom is -0.495 e. The van der Waals surface area contributed by atoms with Crippen LogP contribution in [-0.4, -0.2) is 17.1 Å². The summed E-state index contributed by atoms with van der Waals surface area (Å²) < 4.78 is 5.12. The molecular formula is C17H15N3O. The molecule has 21 heavy (non-hydrogen) atoms. The van der Waals surface area contributed by atoms with Crippen molar-refractivity contribution in [2.24, 2.45) is 0 Å². The van der Waals surface area contributed by atoms with Gasteiger partial charge in [0.1, 0.15) is 11.6 Å².